The van der Waals surface area contributed by atoms with Crippen LogP contribution in [0.5, 0.6) is 0 Å². The molecule has 0 aromatic heterocycles. The molecule has 0 aliphatic heterocycles. The van der Waals surface area contributed by atoms with Gasteiger partial charge in [0, 0.05) is 13.0 Å². The van der Waals surface area contributed by atoms with E-state index in [2.05, 4.69) is 5.32 Å². The maximum Gasteiger partial charge on any atom is 0.219 e. The first kappa shape index (κ1) is 10.7. The van der Waals surface area contributed by atoms with Gasteiger partial charge in [-0.15, -0.1) is 0 Å². The Balaban J connectivity index is 2.60. The van der Waals surface area contributed by atoms with Crippen molar-refractivity contribution in [3.63, 3.8) is 0 Å². The molecule has 0 fully saturated rings. The van der Waals surface area contributed by atoms with Crippen molar-refractivity contribution >= 4 is 5.91 Å². The first-order chi connectivity index (χ1) is 6.63. The van der Waals surface area contributed by atoms with Crippen molar-refractivity contribution in [1.82, 2.24) is 5.32 Å². The molecule has 3 heteroatoms. The predicted octanol–water partition coefficient (Wildman–Crippen LogP) is 2.16. The number of halogens is 1. The van der Waals surface area contributed by atoms with Crippen molar-refractivity contribution in [2.75, 3.05) is 0 Å². The Morgan fingerprint density at radius 1 is 1.50 bits per heavy atom. The van der Waals surface area contributed by atoms with Gasteiger partial charge in [-0.05, 0) is 24.1 Å². The molecule has 2 nitrogen and oxygen atoms in total. The molecule has 0 aliphatic carbocycles. The zero-order valence-electron chi connectivity index (χ0n) is 8.43. The van der Waals surface area contributed by atoms with Crippen molar-refractivity contribution in [1.29, 1.82) is 0 Å². The fourth-order valence-electron chi connectivity index (χ4n) is 1.07. The molecule has 0 unspecified atom stereocenters. The van der Waals surface area contributed by atoms with Gasteiger partial charge < -0.3 is 5.32 Å². The quantitative estimate of drug-likeness (QED) is 0.786. The van der Waals surface area contributed by atoms with Crippen LogP contribution in [-0.4, -0.2) is 5.91 Å². The number of rotatable bonds is 3. The van der Waals surface area contributed by atoms with E-state index in [1.165, 1.54) is 6.07 Å². The summed E-state index contributed by atoms with van der Waals surface area (Å²) < 4.78 is 13.1. The van der Waals surface area contributed by atoms with Crippen LogP contribution in [0, 0.1) is 12.7 Å². The Morgan fingerprint density at radius 2 is 2.21 bits per heavy atom. The van der Waals surface area contributed by atoms with Crippen LogP contribution in [0.2, 0.25) is 0 Å². The van der Waals surface area contributed by atoms with Crippen LogP contribution in [0.25, 0.3) is 0 Å². The van der Waals surface area contributed by atoms with Gasteiger partial charge in [-0.2, -0.15) is 0 Å². The summed E-state index contributed by atoms with van der Waals surface area (Å²) in [6, 6.07) is 4.97. The van der Waals surface area contributed by atoms with Crippen molar-refractivity contribution in [2.45, 2.75) is 26.8 Å². The summed E-state index contributed by atoms with van der Waals surface area (Å²) in [7, 11) is 0. The van der Waals surface area contributed by atoms with Crippen LogP contribution in [0.4, 0.5) is 4.39 Å². The highest BCUT2D eigenvalue weighted by Gasteiger charge is 2.00. The van der Waals surface area contributed by atoms with Crippen molar-refractivity contribution in [3.8, 4) is 0 Å². The van der Waals surface area contributed by atoms with E-state index >= 15 is 0 Å². The predicted molar refractivity (Wildman–Crippen MR) is 53.3 cm³/mol. The van der Waals surface area contributed by atoms with E-state index in [1.54, 1.807) is 19.9 Å². The lowest BCUT2D eigenvalue weighted by Crippen LogP contribution is -2.21. The van der Waals surface area contributed by atoms with E-state index in [9.17, 15) is 9.18 Å². The third kappa shape index (κ3) is 2.83. The van der Waals surface area contributed by atoms with Crippen molar-refractivity contribution < 1.29 is 9.18 Å². The summed E-state index contributed by atoms with van der Waals surface area (Å²) in [6.45, 7) is 3.89. The van der Waals surface area contributed by atoms with Crippen LogP contribution in [-0.2, 0) is 11.3 Å². The molecule has 0 spiro atoms. The molecule has 1 aromatic carbocycles. The second-order valence-electron chi connectivity index (χ2n) is 3.21. The summed E-state index contributed by atoms with van der Waals surface area (Å²) in [5.41, 5.74) is 1.41. The first-order valence-electron chi connectivity index (χ1n) is 4.65. The molecule has 0 heterocycles. The topological polar surface area (TPSA) is 29.1 Å². The molecule has 1 N–H and O–H groups in total. The molecule has 0 aliphatic rings. The smallest absolute Gasteiger partial charge is 0.219 e. The number of hydrogen-bond acceptors (Lipinski definition) is 1. The van der Waals surface area contributed by atoms with Gasteiger partial charge in [0.2, 0.25) is 5.91 Å². The summed E-state index contributed by atoms with van der Waals surface area (Å²) in [6.07, 6.45) is 0.453. The Labute approximate surface area is 83.1 Å². The van der Waals surface area contributed by atoms with Gasteiger partial charge in [0.1, 0.15) is 5.82 Å². The monoisotopic (exact) mass is 195 g/mol. The number of hydrogen-bond donors (Lipinski definition) is 1. The number of carbonyl (C=O) groups is 1. The average molecular weight is 195 g/mol. The van der Waals surface area contributed by atoms with E-state index in [0.29, 0.717) is 18.5 Å². The van der Waals surface area contributed by atoms with Crippen LogP contribution in [0.3, 0.4) is 0 Å². The molecule has 1 aromatic rings. The van der Waals surface area contributed by atoms with Gasteiger partial charge in [-0.1, -0.05) is 19.1 Å². The van der Waals surface area contributed by atoms with E-state index in [4.69, 9.17) is 0 Å². The lowest BCUT2D eigenvalue weighted by atomic mass is 10.1. The highest BCUT2D eigenvalue weighted by Crippen LogP contribution is 2.08. The Hall–Kier alpha value is -1.38. The van der Waals surface area contributed by atoms with E-state index in [0.717, 1.165) is 5.56 Å². The average Bonchev–Trinajstić information content (AvgIpc) is 2.19. The largest absolute Gasteiger partial charge is 0.352 e. The van der Waals surface area contributed by atoms with E-state index in [1.807, 2.05) is 6.07 Å². The second-order valence-corrected chi connectivity index (χ2v) is 3.21. The lowest BCUT2D eigenvalue weighted by Gasteiger charge is -2.04. The molecule has 0 atom stereocenters. The van der Waals surface area contributed by atoms with Gasteiger partial charge in [-0.3, -0.25) is 4.79 Å². The molecule has 1 amide bonds. The third-order valence-electron chi connectivity index (χ3n) is 2.05. The Kier molecular flexibility index (Phi) is 3.63. The van der Waals surface area contributed by atoms with Gasteiger partial charge in [0.25, 0.3) is 0 Å². The number of nitrogens with one attached hydrogen (secondary N) is 1. The van der Waals surface area contributed by atoms with Crippen molar-refractivity contribution in [2.24, 2.45) is 0 Å². The minimum absolute atomic E-state index is 0.0222. The summed E-state index contributed by atoms with van der Waals surface area (Å²) in [5.74, 6) is -0.251. The first-order valence-corrected chi connectivity index (χ1v) is 4.65. The SMILES string of the molecule is CCC(=O)NCc1ccc(C)c(F)c1. The van der Waals surface area contributed by atoms with Crippen LogP contribution < -0.4 is 5.32 Å². The van der Waals surface area contributed by atoms with Crippen LogP contribution in [0.15, 0.2) is 18.2 Å². The maximum atomic E-state index is 13.1. The Bertz CT molecular complexity index is 336. The number of benzene rings is 1. The molecule has 0 radical (unpaired) electrons. The highest BCUT2D eigenvalue weighted by atomic mass is 19.1. The van der Waals surface area contributed by atoms with Crippen LogP contribution >= 0.6 is 0 Å². The summed E-state index contributed by atoms with van der Waals surface area (Å²) >= 11 is 0. The number of amides is 1. The molecule has 14 heavy (non-hydrogen) atoms. The number of aryl methyl sites for hydroxylation is 1. The molecule has 1 rings (SSSR count). The fraction of sp³-hybridized carbons (Fsp3) is 0.364. The van der Waals surface area contributed by atoms with E-state index < -0.39 is 0 Å². The second kappa shape index (κ2) is 4.74. The lowest BCUT2D eigenvalue weighted by molar-refractivity contribution is -0.120. The third-order valence-corrected chi connectivity index (χ3v) is 2.05. The van der Waals surface area contributed by atoms with E-state index in [-0.39, 0.29) is 11.7 Å². The molecule has 0 saturated carbocycles. The molecule has 0 bridgehead atoms. The highest BCUT2D eigenvalue weighted by molar-refractivity contribution is 5.75. The Morgan fingerprint density at radius 3 is 2.79 bits per heavy atom. The summed E-state index contributed by atoms with van der Waals surface area (Å²) in [5, 5.41) is 2.69. The molecule has 76 valence electrons. The maximum absolute atomic E-state index is 13.1. The minimum Gasteiger partial charge on any atom is -0.352 e. The molecular formula is C11H14FNO. The standard InChI is InChI=1S/C11H14FNO/c1-3-11(14)13-7-9-5-4-8(2)10(12)6-9/h4-6H,3,7H2,1-2H3,(H,13,14). The minimum atomic E-state index is -0.228. The van der Waals surface area contributed by atoms with Crippen LogP contribution in [0.1, 0.15) is 24.5 Å². The van der Waals surface area contributed by atoms with Gasteiger partial charge in [-0.25, -0.2) is 4.39 Å². The molecular weight excluding hydrogens is 181 g/mol. The van der Waals surface area contributed by atoms with Gasteiger partial charge in [0.15, 0.2) is 0 Å². The normalized spacial score (nSPS) is 9.93. The molecule has 0 saturated heterocycles. The zero-order valence-corrected chi connectivity index (χ0v) is 8.43. The van der Waals surface area contributed by atoms with Gasteiger partial charge in [0.05, 0.1) is 0 Å². The fourth-order valence-corrected chi connectivity index (χ4v) is 1.07. The number of carbonyl (C=O) groups excluding carboxylic acids is 1. The van der Waals surface area contributed by atoms with Crippen molar-refractivity contribution in [3.05, 3.63) is 35.1 Å². The van der Waals surface area contributed by atoms with Gasteiger partial charge >= 0.3 is 0 Å². The summed E-state index contributed by atoms with van der Waals surface area (Å²) in [4.78, 5) is 10.9. The zero-order chi connectivity index (χ0) is 10.6.